The molecule has 0 aliphatic heterocycles. The summed E-state index contributed by atoms with van der Waals surface area (Å²) < 4.78 is 2.81. The van der Waals surface area contributed by atoms with E-state index in [0.717, 1.165) is 21.2 Å². The van der Waals surface area contributed by atoms with Crippen LogP contribution >= 0.6 is 15.9 Å². The highest BCUT2D eigenvalue weighted by Gasteiger charge is 2.15. The van der Waals surface area contributed by atoms with E-state index < -0.39 is 7.05 Å². The lowest BCUT2D eigenvalue weighted by atomic mass is 9.88. The van der Waals surface area contributed by atoms with Gasteiger partial charge in [-0.1, -0.05) is 0 Å². The van der Waals surface area contributed by atoms with Gasteiger partial charge >= 0.3 is 7.05 Å². The molecule has 0 bridgehead atoms. The molecule has 2 aromatic rings. The molecule has 0 atom stereocenters. The first-order valence-electron chi connectivity index (χ1n) is 4.41. The molecule has 0 fully saturated rings. The number of pyridine rings is 1. The molecule has 5 heteroatoms. The maximum atomic E-state index is 9.59. The highest BCUT2D eigenvalue weighted by Crippen LogP contribution is 2.25. The summed E-state index contributed by atoms with van der Waals surface area (Å²) in [7, 11) is -0.547. The topological polar surface area (TPSA) is 38.0 Å². The largest absolute Gasteiger partial charge is 0.432 e. The normalized spacial score (nSPS) is 10.9. The Bertz CT molecular complexity index is 481. The lowest BCUT2D eigenvalue weighted by Gasteiger charge is -2.06. The Kier molecular flexibility index (Phi) is 2.37. The Morgan fingerprint density at radius 2 is 2.29 bits per heavy atom. The highest BCUT2D eigenvalue weighted by molar-refractivity contribution is 9.10. The van der Waals surface area contributed by atoms with Gasteiger partial charge in [-0.2, -0.15) is 0 Å². The van der Waals surface area contributed by atoms with Crippen molar-refractivity contribution in [3.8, 4) is 0 Å². The van der Waals surface area contributed by atoms with Crippen LogP contribution in [0.15, 0.2) is 22.8 Å². The van der Waals surface area contributed by atoms with Crippen LogP contribution in [-0.4, -0.2) is 21.5 Å². The number of hydrogen-bond acceptors (Lipinski definition) is 2. The maximum absolute atomic E-state index is 9.59. The minimum absolute atomic E-state index is 0.547. The van der Waals surface area contributed by atoms with Gasteiger partial charge in [-0.15, -0.1) is 0 Å². The Balaban J connectivity index is 2.83. The average molecular weight is 253 g/mol. The zero-order chi connectivity index (χ0) is 10.3. The van der Waals surface area contributed by atoms with Crippen molar-refractivity contribution in [2.75, 3.05) is 0 Å². The average Bonchev–Trinajstić information content (AvgIpc) is 2.42. The van der Waals surface area contributed by atoms with Crippen LogP contribution in [-0.2, 0) is 0 Å². The molecule has 0 unspecified atom stereocenters. The van der Waals surface area contributed by atoms with Crippen molar-refractivity contribution in [3.05, 3.63) is 28.5 Å². The van der Waals surface area contributed by atoms with E-state index in [1.165, 1.54) is 0 Å². The second kappa shape index (κ2) is 3.40. The molecule has 72 valence electrons. The lowest BCUT2D eigenvalue weighted by Crippen LogP contribution is -2.20. The van der Waals surface area contributed by atoms with Crippen molar-refractivity contribution in [1.29, 1.82) is 0 Å². The summed E-state index contributed by atoms with van der Waals surface area (Å²) >= 11 is 3.46. The molecule has 0 amide bonds. The summed E-state index contributed by atoms with van der Waals surface area (Å²) in [6, 6.07) is 3.91. The van der Waals surface area contributed by atoms with Gasteiger partial charge in [0.15, 0.2) is 0 Å². The van der Waals surface area contributed by atoms with Crippen LogP contribution in [0.1, 0.15) is 5.69 Å². The molecule has 14 heavy (non-hydrogen) atoms. The van der Waals surface area contributed by atoms with E-state index in [4.69, 9.17) is 0 Å². The van der Waals surface area contributed by atoms with E-state index >= 15 is 0 Å². The molecule has 2 heterocycles. The van der Waals surface area contributed by atoms with Crippen molar-refractivity contribution in [2.45, 2.75) is 13.7 Å². The molecular formula is C9H10BBrN2O. The predicted octanol–water partition coefficient (Wildman–Crippen LogP) is 2.07. The lowest BCUT2D eigenvalue weighted by molar-refractivity contribution is 0.564. The van der Waals surface area contributed by atoms with Crippen molar-refractivity contribution < 1.29 is 5.02 Å². The first-order chi connectivity index (χ1) is 6.61. The predicted molar refractivity (Wildman–Crippen MR) is 61.4 cm³/mol. The number of aromatic nitrogens is 2. The first-order valence-corrected chi connectivity index (χ1v) is 5.20. The first kappa shape index (κ1) is 9.74. The van der Waals surface area contributed by atoms with Crippen LogP contribution in [0.4, 0.5) is 0 Å². The van der Waals surface area contributed by atoms with Crippen LogP contribution in [0.25, 0.3) is 11.0 Å². The summed E-state index contributed by atoms with van der Waals surface area (Å²) in [4.78, 5) is 4.26. The van der Waals surface area contributed by atoms with Gasteiger partial charge in [0.2, 0.25) is 0 Å². The number of fused-ring (bicyclic) bond motifs is 1. The molecule has 2 rings (SSSR count). The Hall–Kier alpha value is -0.805. The van der Waals surface area contributed by atoms with Gasteiger partial charge in [0.1, 0.15) is 5.65 Å². The van der Waals surface area contributed by atoms with Crippen LogP contribution < -0.4 is 0 Å². The molecule has 0 aliphatic carbocycles. The van der Waals surface area contributed by atoms with Crippen LogP contribution in [0.3, 0.4) is 0 Å². The molecular weight excluding hydrogens is 243 g/mol. The minimum Gasteiger partial charge on any atom is -0.432 e. The fourth-order valence-corrected chi connectivity index (χ4v) is 2.09. The number of halogens is 1. The summed E-state index contributed by atoms with van der Waals surface area (Å²) in [5.41, 5.74) is 1.82. The molecule has 2 aromatic heterocycles. The van der Waals surface area contributed by atoms with Gasteiger partial charge in [0.25, 0.3) is 0 Å². The van der Waals surface area contributed by atoms with Crippen LogP contribution in [0.2, 0.25) is 6.82 Å². The monoisotopic (exact) mass is 252 g/mol. The zero-order valence-corrected chi connectivity index (χ0v) is 9.62. The molecule has 0 aromatic carbocycles. The fourth-order valence-electron chi connectivity index (χ4n) is 1.68. The molecule has 0 saturated carbocycles. The number of aryl methyl sites for hydroxylation is 1. The summed E-state index contributed by atoms with van der Waals surface area (Å²) in [6.07, 6.45) is 1.73. The van der Waals surface area contributed by atoms with Crippen molar-refractivity contribution in [2.24, 2.45) is 0 Å². The highest BCUT2D eigenvalue weighted by atomic mass is 79.9. The van der Waals surface area contributed by atoms with Gasteiger partial charge < -0.3 is 9.50 Å². The second-order valence-corrected chi connectivity index (χ2v) is 4.17. The molecule has 3 nitrogen and oxygen atoms in total. The van der Waals surface area contributed by atoms with Crippen molar-refractivity contribution >= 4 is 34.0 Å². The summed E-state index contributed by atoms with van der Waals surface area (Å²) in [5.74, 6) is 0. The summed E-state index contributed by atoms with van der Waals surface area (Å²) in [6.45, 7) is 3.69. The van der Waals surface area contributed by atoms with Gasteiger partial charge in [-0.25, -0.2) is 4.98 Å². The van der Waals surface area contributed by atoms with Gasteiger partial charge in [0.05, 0.1) is 0 Å². The second-order valence-electron chi connectivity index (χ2n) is 3.32. The molecule has 0 saturated heterocycles. The van der Waals surface area contributed by atoms with E-state index in [1.54, 1.807) is 17.5 Å². The fraction of sp³-hybridized carbons (Fsp3) is 0.222. The Labute approximate surface area is 91.0 Å². The van der Waals surface area contributed by atoms with E-state index in [2.05, 4.69) is 20.9 Å². The van der Waals surface area contributed by atoms with Crippen LogP contribution in [0, 0.1) is 6.92 Å². The maximum Gasteiger partial charge on any atom is 0.415 e. The third-order valence-electron chi connectivity index (χ3n) is 2.25. The van der Waals surface area contributed by atoms with Crippen LogP contribution in [0.5, 0.6) is 0 Å². The number of nitrogens with zero attached hydrogens (tertiary/aromatic N) is 2. The zero-order valence-electron chi connectivity index (χ0n) is 8.03. The molecule has 1 N–H and O–H groups in total. The Morgan fingerprint density at radius 3 is 2.93 bits per heavy atom. The SMILES string of the molecule is CB(O)n1c(C)cc2c(Br)ccnc21. The van der Waals surface area contributed by atoms with Crippen molar-refractivity contribution in [3.63, 3.8) is 0 Å². The van der Waals surface area contributed by atoms with Gasteiger partial charge in [-0.3, -0.25) is 0 Å². The van der Waals surface area contributed by atoms with E-state index in [0.29, 0.717) is 0 Å². The summed E-state index contributed by atoms with van der Waals surface area (Å²) in [5, 5.41) is 10.6. The van der Waals surface area contributed by atoms with E-state index in [9.17, 15) is 5.02 Å². The Morgan fingerprint density at radius 1 is 1.57 bits per heavy atom. The smallest absolute Gasteiger partial charge is 0.415 e. The third-order valence-corrected chi connectivity index (χ3v) is 2.94. The quantitative estimate of drug-likeness (QED) is 0.790. The van der Waals surface area contributed by atoms with Gasteiger partial charge in [0, 0.05) is 21.7 Å². The molecule has 0 spiro atoms. The molecule has 0 radical (unpaired) electrons. The van der Waals surface area contributed by atoms with Crippen molar-refractivity contribution in [1.82, 2.24) is 9.46 Å². The van der Waals surface area contributed by atoms with E-state index in [-0.39, 0.29) is 0 Å². The third kappa shape index (κ3) is 1.37. The van der Waals surface area contributed by atoms with Gasteiger partial charge in [-0.05, 0) is 41.8 Å². The molecule has 0 aliphatic rings. The number of hydrogen-bond donors (Lipinski definition) is 1. The minimum atomic E-state index is -0.547. The van der Waals surface area contributed by atoms with E-state index in [1.807, 2.05) is 19.1 Å². The standard InChI is InChI=1S/C9H10BBrN2O/c1-6-5-7-8(11)3-4-12-9(7)13(6)10(2)14/h3-5,14H,1-2H3. The number of rotatable bonds is 1.